The maximum atomic E-state index is 5.25. The van der Waals surface area contributed by atoms with Crippen molar-refractivity contribution in [1.29, 1.82) is 0 Å². The third kappa shape index (κ3) is 7.36. The Labute approximate surface area is 61.4 Å². The number of rotatable bonds is 5. The number of hydrogen-bond donors (Lipinski definition) is 1. The Kier molecular flexibility index (Phi) is 6.06. The summed E-state index contributed by atoms with van der Waals surface area (Å²) in [6.45, 7) is 5.40. The van der Waals surface area contributed by atoms with E-state index >= 15 is 0 Å². The molecule has 60 valence electrons. The number of nitrogens with two attached hydrogens (primary N) is 1. The quantitative estimate of drug-likeness (QED) is 0.273. The van der Waals surface area contributed by atoms with Gasteiger partial charge in [0.1, 0.15) is 0 Å². The summed E-state index contributed by atoms with van der Waals surface area (Å²) in [5, 5.41) is 6.71. The molecule has 2 N–H and O–H groups in total. The Balaban J connectivity index is 2.91. The summed E-state index contributed by atoms with van der Waals surface area (Å²) in [4.78, 5) is 0. The average Bonchev–Trinajstić information content (AvgIpc) is 1.87. The molecule has 0 heterocycles. The molecule has 0 rings (SSSR count). The number of nitrogens with zero attached hydrogens (tertiary/aromatic N) is 2. The first-order chi connectivity index (χ1) is 4.77. The van der Waals surface area contributed by atoms with Crippen LogP contribution in [0.1, 0.15) is 20.3 Å². The highest BCUT2D eigenvalue weighted by atomic mass is 16.5. The van der Waals surface area contributed by atoms with Crippen LogP contribution in [0.15, 0.2) is 10.3 Å². The third-order valence-corrected chi connectivity index (χ3v) is 0.935. The van der Waals surface area contributed by atoms with E-state index in [1.165, 1.54) is 0 Å². The van der Waals surface area contributed by atoms with E-state index in [1.807, 2.05) is 13.8 Å². The van der Waals surface area contributed by atoms with Crippen LogP contribution in [0.3, 0.4) is 0 Å². The summed E-state index contributed by atoms with van der Waals surface area (Å²) >= 11 is 0. The van der Waals surface area contributed by atoms with E-state index in [1.54, 1.807) is 0 Å². The van der Waals surface area contributed by atoms with Crippen molar-refractivity contribution in [1.82, 2.24) is 0 Å². The summed E-state index contributed by atoms with van der Waals surface area (Å²) in [6.07, 6.45) is 1.19. The largest absolute Gasteiger partial charge is 0.379 e. The maximum Gasteiger partial charge on any atom is 0.0642 e. The van der Waals surface area contributed by atoms with Gasteiger partial charge in [0.15, 0.2) is 0 Å². The van der Waals surface area contributed by atoms with Gasteiger partial charge >= 0.3 is 0 Å². The Hall–Kier alpha value is -0.640. The molecule has 0 aliphatic rings. The molecule has 0 bridgehead atoms. The van der Waals surface area contributed by atoms with Gasteiger partial charge in [0.05, 0.1) is 12.6 Å². The van der Waals surface area contributed by atoms with Gasteiger partial charge in [-0.15, -0.1) is 0 Å². The standard InChI is InChI=1S/C6H15N3O/c1-6(2)10-5-3-4-8-9-7/h6H,3-5H2,1-2H3,(H2,7,8). The second-order valence-electron chi connectivity index (χ2n) is 2.25. The van der Waals surface area contributed by atoms with Gasteiger partial charge in [-0.3, -0.25) is 0 Å². The highest BCUT2D eigenvalue weighted by molar-refractivity contribution is 4.41. The molecule has 0 fully saturated rings. The molecule has 0 aromatic heterocycles. The zero-order chi connectivity index (χ0) is 7.82. The first-order valence-electron chi connectivity index (χ1n) is 3.45. The van der Waals surface area contributed by atoms with Crippen molar-refractivity contribution in [2.75, 3.05) is 13.2 Å². The maximum absolute atomic E-state index is 5.25. The molecule has 0 aromatic carbocycles. The molecule has 0 saturated carbocycles. The van der Waals surface area contributed by atoms with Gasteiger partial charge in [-0.2, -0.15) is 5.11 Å². The van der Waals surface area contributed by atoms with Crippen molar-refractivity contribution in [2.45, 2.75) is 26.4 Å². The normalized spacial score (nSPS) is 11.5. The van der Waals surface area contributed by atoms with Crippen molar-refractivity contribution in [3.63, 3.8) is 0 Å². The Bertz CT molecular complexity index is 93.0. The highest BCUT2D eigenvalue weighted by Gasteiger charge is 1.90. The number of ether oxygens (including phenoxy) is 1. The minimum atomic E-state index is 0.301. The van der Waals surface area contributed by atoms with E-state index in [-0.39, 0.29) is 0 Å². The van der Waals surface area contributed by atoms with Gasteiger partial charge in [-0.05, 0) is 20.3 Å². The molecule has 10 heavy (non-hydrogen) atoms. The summed E-state index contributed by atoms with van der Waals surface area (Å²) in [6, 6.07) is 0. The molecule has 0 radical (unpaired) electrons. The molecule has 4 nitrogen and oxygen atoms in total. The minimum absolute atomic E-state index is 0.301. The minimum Gasteiger partial charge on any atom is -0.379 e. The van der Waals surface area contributed by atoms with Gasteiger partial charge in [0.2, 0.25) is 0 Å². The molecule has 0 saturated heterocycles. The molecule has 0 aromatic rings. The molecule has 0 spiro atoms. The molecule has 0 amide bonds. The van der Waals surface area contributed by atoms with Crippen molar-refractivity contribution >= 4 is 0 Å². The predicted molar refractivity (Wildman–Crippen MR) is 39.6 cm³/mol. The van der Waals surface area contributed by atoms with E-state index < -0.39 is 0 Å². The highest BCUT2D eigenvalue weighted by Crippen LogP contribution is 1.90. The van der Waals surface area contributed by atoms with E-state index in [9.17, 15) is 0 Å². The van der Waals surface area contributed by atoms with Crippen LogP contribution in [-0.2, 0) is 4.74 Å². The molecular weight excluding hydrogens is 130 g/mol. The Morgan fingerprint density at radius 3 is 2.70 bits per heavy atom. The second kappa shape index (κ2) is 6.48. The summed E-state index contributed by atoms with van der Waals surface area (Å²) < 4.78 is 5.25. The monoisotopic (exact) mass is 145 g/mol. The van der Waals surface area contributed by atoms with Gasteiger partial charge in [0, 0.05) is 6.61 Å². The van der Waals surface area contributed by atoms with Crippen LogP contribution in [0.25, 0.3) is 0 Å². The summed E-state index contributed by atoms with van der Waals surface area (Å²) in [7, 11) is 0. The topological polar surface area (TPSA) is 60.0 Å². The molecule has 0 atom stereocenters. The fourth-order valence-electron chi connectivity index (χ4n) is 0.512. The molecule has 0 aliphatic carbocycles. The van der Waals surface area contributed by atoms with E-state index in [2.05, 4.69) is 10.3 Å². The zero-order valence-corrected chi connectivity index (χ0v) is 6.58. The van der Waals surface area contributed by atoms with Crippen LogP contribution < -0.4 is 5.84 Å². The Morgan fingerprint density at radius 2 is 2.20 bits per heavy atom. The average molecular weight is 145 g/mol. The molecule has 0 unspecified atom stereocenters. The summed E-state index contributed by atoms with van der Waals surface area (Å²) in [5.74, 6) is 4.79. The fraction of sp³-hybridized carbons (Fsp3) is 1.00. The van der Waals surface area contributed by atoms with Crippen LogP contribution in [0.4, 0.5) is 0 Å². The van der Waals surface area contributed by atoms with Crippen LogP contribution in [0, 0.1) is 0 Å². The van der Waals surface area contributed by atoms with E-state index in [4.69, 9.17) is 10.6 Å². The van der Waals surface area contributed by atoms with Gasteiger partial charge in [0.25, 0.3) is 0 Å². The van der Waals surface area contributed by atoms with Gasteiger partial charge < -0.3 is 10.6 Å². The smallest absolute Gasteiger partial charge is 0.0642 e. The molecule has 4 heteroatoms. The van der Waals surface area contributed by atoms with Crippen LogP contribution in [0.2, 0.25) is 0 Å². The molecular formula is C6H15N3O. The van der Waals surface area contributed by atoms with Crippen molar-refractivity contribution in [3.05, 3.63) is 0 Å². The first-order valence-corrected chi connectivity index (χ1v) is 3.45. The fourth-order valence-corrected chi connectivity index (χ4v) is 0.512. The zero-order valence-electron chi connectivity index (χ0n) is 6.58. The van der Waals surface area contributed by atoms with Crippen molar-refractivity contribution < 1.29 is 4.74 Å². The SMILES string of the molecule is CC(C)OCCCN=NN. The van der Waals surface area contributed by atoms with Crippen LogP contribution in [0.5, 0.6) is 0 Å². The summed E-state index contributed by atoms with van der Waals surface area (Å²) in [5.41, 5.74) is 0. The van der Waals surface area contributed by atoms with Crippen molar-refractivity contribution in [3.8, 4) is 0 Å². The Morgan fingerprint density at radius 1 is 1.50 bits per heavy atom. The van der Waals surface area contributed by atoms with Crippen molar-refractivity contribution in [2.24, 2.45) is 16.2 Å². The molecule has 0 aliphatic heterocycles. The first kappa shape index (κ1) is 9.36. The van der Waals surface area contributed by atoms with Crippen LogP contribution in [-0.4, -0.2) is 19.3 Å². The lowest BCUT2D eigenvalue weighted by atomic mass is 10.4. The lowest BCUT2D eigenvalue weighted by molar-refractivity contribution is 0.0781. The number of hydrogen-bond acceptors (Lipinski definition) is 3. The predicted octanol–water partition coefficient (Wildman–Crippen LogP) is 1.13. The third-order valence-electron chi connectivity index (χ3n) is 0.935. The van der Waals surface area contributed by atoms with Gasteiger partial charge in [-0.1, -0.05) is 5.22 Å². The lowest BCUT2D eigenvalue weighted by Gasteiger charge is -2.04. The van der Waals surface area contributed by atoms with E-state index in [0.717, 1.165) is 13.0 Å². The second-order valence-corrected chi connectivity index (χ2v) is 2.25. The lowest BCUT2D eigenvalue weighted by Crippen LogP contribution is -2.04. The van der Waals surface area contributed by atoms with E-state index in [0.29, 0.717) is 12.6 Å². The van der Waals surface area contributed by atoms with Gasteiger partial charge in [-0.25, -0.2) is 0 Å². The van der Waals surface area contributed by atoms with Crippen LogP contribution >= 0.6 is 0 Å².